The lowest BCUT2D eigenvalue weighted by Crippen LogP contribution is -2.50. The minimum Gasteiger partial charge on any atom is -0.396 e. The average Bonchev–Trinajstić information content (AvgIpc) is 3.03. The molecule has 0 saturated carbocycles. The van der Waals surface area contributed by atoms with Crippen molar-refractivity contribution in [2.75, 3.05) is 25.1 Å². The molecular weight excluding hydrogens is 348 g/mol. The average molecular weight is 374 g/mol. The molecule has 0 bridgehead atoms. The third-order valence-corrected chi connectivity index (χ3v) is 7.46. The normalized spacial score (nSPS) is 16.8. The Balaban J connectivity index is 2.03. The van der Waals surface area contributed by atoms with Gasteiger partial charge in [-0.3, -0.25) is 10.1 Å². The van der Waals surface area contributed by atoms with Crippen molar-refractivity contribution in [2.24, 2.45) is 0 Å². The topological polar surface area (TPSA) is 119 Å². The summed E-state index contributed by atoms with van der Waals surface area (Å²) in [5.74, 6) is -0.517. The van der Waals surface area contributed by atoms with Gasteiger partial charge in [0.05, 0.1) is 10.9 Å². The summed E-state index contributed by atoms with van der Waals surface area (Å²) in [6, 6.07) is 1.58. The van der Waals surface area contributed by atoms with Crippen LogP contribution in [0.4, 0.5) is 5.88 Å². The summed E-state index contributed by atoms with van der Waals surface area (Å²) in [4.78, 5) is 12.6. The number of ether oxygens (including phenoxy) is 1. The Morgan fingerprint density at radius 1 is 1.36 bits per heavy atom. The molecule has 0 unspecified atom stereocenters. The maximum absolute atomic E-state index is 12.8. The van der Waals surface area contributed by atoms with Crippen LogP contribution in [0.25, 0.3) is 0 Å². The Kier molecular flexibility index (Phi) is 6.59. The number of sulfone groups is 1. The third kappa shape index (κ3) is 4.59. The Morgan fingerprint density at radius 3 is 2.68 bits per heavy atom. The van der Waals surface area contributed by atoms with Crippen LogP contribution in [-0.2, 0) is 25.8 Å². The van der Waals surface area contributed by atoms with Crippen molar-refractivity contribution < 1.29 is 27.6 Å². The largest absolute Gasteiger partial charge is 0.396 e. The Labute approximate surface area is 147 Å². The molecule has 0 aromatic carbocycles. The van der Waals surface area contributed by atoms with Gasteiger partial charge in [-0.25, -0.2) is 8.42 Å². The molecule has 2 N–H and O–H groups in total. The van der Waals surface area contributed by atoms with E-state index in [1.165, 1.54) is 13.8 Å². The summed E-state index contributed by atoms with van der Waals surface area (Å²) in [5.41, 5.74) is 0.647. The zero-order valence-corrected chi connectivity index (χ0v) is 15.5. The van der Waals surface area contributed by atoms with Crippen molar-refractivity contribution in [1.29, 1.82) is 0 Å². The van der Waals surface area contributed by atoms with Gasteiger partial charge in [-0.05, 0) is 46.0 Å². The van der Waals surface area contributed by atoms with Gasteiger partial charge in [-0.1, -0.05) is 5.16 Å². The van der Waals surface area contributed by atoms with Gasteiger partial charge in [0.15, 0.2) is 9.84 Å². The number of nitrogens with one attached hydrogen (secondary N) is 1. The van der Waals surface area contributed by atoms with Gasteiger partial charge in [0.2, 0.25) is 11.8 Å². The van der Waals surface area contributed by atoms with E-state index in [1.54, 1.807) is 6.07 Å². The van der Waals surface area contributed by atoms with Crippen LogP contribution < -0.4 is 5.32 Å². The number of aromatic nitrogens is 1. The molecule has 2 heterocycles. The standard InChI is InChI=1S/C16H26N2O6S/c1-16(2,25(21,22)13-6-9-23-10-7-13)15(20)17-14-11-12(18-24-14)5-3-4-8-19/h11,13,19H,3-10H2,1-2H3,(H,17,20). The number of rotatable bonds is 8. The Hall–Kier alpha value is -1.45. The van der Waals surface area contributed by atoms with Crippen LogP contribution in [0, 0.1) is 0 Å². The molecule has 1 fully saturated rings. The molecule has 8 nitrogen and oxygen atoms in total. The maximum atomic E-state index is 12.8. The zero-order valence-electron chi connectivity index (χ0n) is 14.7. The van der Waals surface area contributed by atoms with Gasteiger partial charge in [0.25, 0.3) is 0 Å². The van der Waals surface area contributed by atoms with Gasteiger partial charge in [0, 0.05) is 25.9 Å². The number of aliphatic hydroxyl groups excluding tert-OH is 1. The number of carbonyl (C=O) groups excluding carboxylic acids is 1. The predicted molar refractivity (Wildman–Crippen MR) is 92.0 cm³/mol. The van der Waals surface area contributed by atoms with Crippen molar-refractivity contribution >= 4 is 21.6 Å². The van der Waals surface area contributed by atoms with E-state index in [2.05, 4.69) is 10.5 Å². The number of carbonyl (C=O) groups is 1. The fraction of sp³-hybridized carbons (Fsp3) is 0.750. The second-order valence-electron chi connectivity index (χ2n) is 6.68. The van der Waals surface area contributed by atoms with E-state index in [-0.39, 0.29) is 12.5 Å². The summed E-state index contributed by atoms with van der Waals surface area (Å²) < 4.78 is 34.3. The molecule has 9 heteroatoms. The molecule has 25 heavy (non-hydrogen) atoms. The second-order valence-corrected chi connectivity index (χ2v) is 9.46. The van der Waals surface area contributed by atoms with Crippen molar-refractivity contribution in [2.45, 2.75) is 55.9 Å². The predicted octanol–water partition coefficient (Wildman–Crippen LogP) is 1.30. The summed E-state index contributed by atoms with van der Waals surface area (Å²) in [6.45, 7) is 3.71. The molecule has 142 valence electrons. The molecule has 1 saturated heterocycles. The SMILES string of the molecule is CC(C)(C(=O)Nc1cc(CCCCO)no1)S(=O)(=O)C1CCOCC1. The number of hydrogen-bond acceptors (Lipinski definition) is 7. The Bertz CT molecular complexity index is 677. The van der Waals surface area contributed by atoms with Gasteiger partial charge in [-0.2, -0.15) is 0 Å². The van der Waals surface area contributed by atoms with E-state index in [1.807, 2.05) is 0 Å². The molecule has 2 rings (SSSR count). The van der Waals surface area contributed by atoms with Crippen LogP contribution in [-0.4, -0.2) is 54.4 Å². The second kappa shape index (κ2) is 8.29. The van der Waals surface area contributed by atoms with E-state index >= 15 is 0 Å². The smallest absolute Gasteiger partial charge is 0.247 e. The molecule has 1 aromatic rings. The van der Waals surface area contributed by atoms with Gasteiger partial charge >= 0.3 is 0 Å². The van der Waals surface area contributed by atoms with Crippen LogP contribution in [0.15, 0.2) is 10.6 Å². The van der Waals surface area contributed by atoms with Crippen LogP contribution in [0.3, 0.4) is 0 Å². The fourth-order valence-corrected chi connectivity index (χ4v) is 4.66. The number of anilines is 1. The first kappa shape index (κ1) is 19.9. The highest BCUT2D eigenvalue weighted by Gasteiger charge is 2.46. The van der Waals surface area contributed by atoms with Gasteiger partial charge in [-0.15, -0.1) is 0 Å². The lowest BCUT2D eigenvalue weighted by molar-refractivity contribution is -0.118. The van der Waals surface area contributed by atoms with E-state index in [4.69, 9.17) is 14.4 Å². The number of unbranched alkanes of at least 4 members (excludes halogenated alkanes) is 1. The monoisotopic (exact) mass is 374 g/mol. The minimum atomic E-state index is -3.67. The first-order chi connectivity index (χ1) is 11.8. The molecule has 1 aliphatic heterocycles. The molecule has 1 aromatic heterocycles. The highest BCUT2D eigenvalue weighted by Crippen LogP contribution is 2.29. The van der Waals surface area contributed by atoms with Crippen molar-refractivity contribution in [3.8, 4) is 0 Å². The molecular formula is C16H26N2O6S. The van der Waals surface area contributed by atoms with E-state index in [0.29, 0.717) is 44.6 Å². The number of hydrogen-bond donors (Lipinski definition) is 2. The highest BCUT2D eigenvalue weighted by atomic mass is 32.2. The third-order valence-electron chi connectivity index (χ3n) is 4.50. The van der Waals surface area contributed by atoms with Gasteiger partial charge < -0.3 is 14.4 Å². The van der Waals surface area contributed by atoms with Crippen molar-refractivity contribution in [3.63, 3.8) is 0 Å². The minimum absolute atomic E-state index is 0.111. The maximum Gasteiger partial charge on any atom is 0.247 e. The summed E-state index contributed by atoms with van der Waals surface area (Å²) in [7, 11) is -3.67. The number of nitrogens with zero attached hydrogens (tertiary/aromatic N) is 1. The summed E-state index contributed by atoms with van der Waals surface area (Å²) in [6.07, 6.45) is 2.82. The van der Waals surface area contributed by atoms with Crippen LogP contribution in [0.2, 0.25) is 0 Å². The first-order valence-electron chi connectivity index (χ1n) is 8.48. The van der Waals surface area contributed by atoms with Crippen LogP contribution in [0.5, 0.6) is 0 Å². The number of aryl methyl sites for hydroxylation is 1. The lowest BCUT2D eigenvalue weighted by Gasteiger charge is -2.30. The first-order valence-corrected chi connectivity index (χ1v) is 10.0. The van der Waals surface area contributed by atoms with Crippen molar-refractivity contribution in [3.05, 3.63) is 11.8 Å². The van der Waals surface area contributed by atoms with Crippen LogP contribution >= 0.6 is 0 Å². The zero-order chi connectivity index (χ0) is 18.5. The molecule has 1 amide bonds. The van der Waals surface area contributed by atoms with Crippen LogP contribution in [0.1, 0.15) is 45.2 Å². The Morgan fingerprint density at radius 2 is 2.04 bits per heavy atom. The van der Waals surface area contributed by atoms with E-state index in [0.717, 1.165) is 6.42 Å². The molecule has 0 spiro atoms. The van der Waals surface area contributed by atoms with Crippen molar-refractivity contribution in [1.82, 2.24) is 5.16 Å². The molecule has 0 atom stereocenters. The number of aliphatic hydroxyl groups is 1. The lowest BCUT2D eigenvalue weighted by atomic mass is 10.2. The van der Waals surface area contributed by atoms with E-state index in [9.17, 15) is 13.2 Å². The number of amides is 1. The summed E-state index contributed by atoms with van der Waals surface area (Å²) >= 11 is 0. The quantitative estimate of drug-likeness (QED) is 0.658. The summed E-state index contributed by atoms with van der Waals surface area (Å²) in [5, 5.41) is 14.5. The molecule has 1 aliphatic rings. The van der Waals surface area contributed by atoms with E-state index < -0.39 is 25.7 Å². The fourth-order valence-electron chi connectivity index (χ4n) is 2.70. The van der Waals surface area contributed by atoms with Gasteiger partial charge in [0.1, 0.15) is 4.75 Å². The molecule has 0 aliphatic carbocycles. The highest BCUT2D eigenvalue weighted by molar-refractivity contribution is 7.94. The molecule has 0 radical (unpaired) electrons.